The third kappa shape index (κ3) is 5.06. The van der Waals surface area contributed by atoms with Crippen LogP contribution in [-0.4, -0.2) is 29.1 Å². The van der Waals surface area contributed by atoms with E-state index in [1.54, 1.807) is 21.6 Å². The Morgan fingerprint density at radius 2 is 2.11 bits per heavy atom. The monoisotopic (exact) mass is 181 g/mol. The minimum atomic E-state index is 0.946. The number of nitrogens with zero attached hydrogens (tertiary/aromatic N) is 1. The molecule has 9 heavy (non-hydrogen) atoms. The zero-order valence-electron chi connectivity index (χ0n) is 5.88. The van der Waals surface area contributed by atoms with Crippen molar-refractivity contribution < 1.29 is 0 Å². The van der Waals surface area contributed by atoms with Crippen LogP contribution in [-0.2, 0) is 0 Å². The van der Waals surface area contributed by atoms with Gasteiger partial charge in [0, 0.05) is 19.8 Å². The third-order valence-electron chi connectivity index (χ3n) is 0.613. The summed E-state index contributed by atoms with van der Waals surface area (Å²) in [5.74, 6) is 1.11. The van der Waals surface area contributed by atoms with E-state index in [0.29, 0.717) is 0 Å². The lowest BCUT2D eigenvalue weighted by molar-refractivity contribution is 0.648. The highest BCUT2D eigenvalue weighted by Crippen LogP contribution is 2.22. The van der Waals surface area contributed by atoms with E-state index < -0.39 is 0 Å². The van der Waals surface area contributed by atoms with Gasteiger partial charge in [0.25, 0.3) is 0 Å². The van der Waals surface area contributed by atoms with Crippen molar-refractivity contribution in [2.24, 2.45) is 0 Å². The minimum absolute atomic E-state index is 0.946. The SMILES string of the molecule is CCSSC(=S)N(C)C. The molecule has 1 nitrogen and oxygen atoms in total. The molecule has 0 amide bonds. The first kappa shape index (κ1) is 9.59. The van der Waals surface area contributed by atoms with E-state index in [1.807, 2.05) is 19.0 Å². The maximum atomic E-state index is 5.01. The fourth-order valence-electron chi connectivity index (χ4n) is 0.184. The van der Waals surface area contributed by atoms with Crippen LogP contribution in [0.15, 0.2) is 0 Å². The number of rotatable bonds is 2. The van der Waals surface area contributed by atoms with Gasteiger partial charge in [0.1, 0.15) is 4.32 Å². The summed E-state index contributed by atoms with van der Waals surface area (Å²) in [7, 11) is 7.36. The summed E-state index contributed by atoms with van der Waals surface area (Å²) in [4.78, 5) is 1.95. The Morgan fingerprint density at radius 3 is 2.44 bits per heavy atom. The fraction of sp³-hybridized carbons (Fsp3) is 0.800. The van der Waals surface area contributed by atoms with Crippen LogP contribution < -0.4 is 0 Å². The Hall–Kier alpha value is 0.590. The molecule has 0 heterocycles. The van der Waals surface area contributed by atoms with E-state index in [4.69, 9.17) is 12.2 Å². The van der Waals surface area contributed by atoms with Crippen LogP contribution in [0.3, 0.4) is 0 Å². The van der Waals surface area contributed by atoms with Crippen molar-refractivity contribution in [3.63, 3.8) is 0 Å². The average Bonchev–Trinajstić information content (AvgIpc) is 1.82. The first-order valence-electron chi connectivity index (χ1n) is 2.69. The smallest absolute Gasteiger partial charge is 0.146 e. The molecule has 0 radical (unpaired) electrons. The molecule has 0 aromatic carbocycles. The quantitative estimate of drug-likeness (QED) is 0.474. The minimum Gasteiger partial charge on any atom is -0.363 e. The van der Waals surface area contributed by atoms with Crippen LogP contribution in [0.4, 0.5) is 0 Å². The van der Waals surface area contributed by atoms with Gasteiger partial charge in [-0.1, -0.05) is 29.9 Å². The highest BCUT2D eigenvalue weighted by molar-refractivity contribution is 8.83. The zero-order chi connectivity index (χ0) is 7.28. The molecule has 0 aliphatic rings. The fourth-order valence-corrected chi connectivity index (χ4v) is 2.09. The van der Waals surface area contributed by atoms with E-state index in [0.717, 1.165) is 10.1 Å². The Bertz CT molecular complexity index is 92.2. The summed E-state index contributed by atoms with van der Waals surface area (Å²) in [6.07, 6.45) is 0. The first-order valence-corrected chi connectivity index (χ1v) is 5.42. The molecule has 0 unspecified atom stereocenters. The molecule has 0 N–H and O–H groups in total. The van der Waals surface area contributed by atoms with Gasteiger partial charge in [-0.25, -0.2) is 0 Å². The van der Waals surface area contributed by atoms with Crippen LogP contribution in [0, 0.1) is 0 Å². The molecule has 0 aromatic rings. The Labute approximate surface area is 70.0 Å². The van der Waals surface area contributed by atoms with Gasteiger partial charge in [0.15, 0.2) is 0 Å². The molecular weight excluding hydrogens is 170 g/mol. The standard InChI is InChI=1S/C5H11NS3/c1-4-8-9-5(7)6(2)3/h4H2,1-3H3. The summed E-state index contributed by atoms with van der Waals surface area (Å²) in [6.45, 7) is 2.12. The van der Waals surface area contributed by atoms with Crippen molar-refractivity contribution in [1.82, 2.24) is 4.90 Å². The normalized spacial score (nSPS) is 9.22. The van der Waals surface area contributed by atoms with Gasteiger partial charge in [-0.3, -0.25) is 0 Å². The van der Waals surface area contributed by atoms with Gasteiger partial charge in [-0.05, 0) is 10.8 Å². The summed E-state index contributed by atoms with van der Waals surface area (Å²) in [6, 6.07) is 0. The topological polar surface area (TPSA) is 3.24 Å². The first-order chi connectivity index (χ1) is 4.18. The van der Waals surface area contributed by atoms with Crippen molar-refractivity contribution in [3.05, 3.63) is 0 Å². The van der Waals surface area contributed by atoms with E-state index in [-0.39, 0.29) is 0 Å². The highest BCUT2D eigenvalue weighted by Gasteiger charge is 1.96. The Morgan fingerprint density at radius 1 is 1.56 bits per heavy atom. The largest absolute Gasteiger partial charge is 0.363 e. The van der Waals surface area contributed by atoms with Gasteiger partial charge in [0.2, 0.25) is 0 Å². The molecule has 4 heteroatoms. The summed E-state index contributed by atoms with van der Waals surface area (Å²) < 4.78 is 0.946. The van der Waals surface area contributed by atoms with E-state index >= 15 is 0 Å². The number of hydrogen-bond donors (Lipinski definition) is 0. The van der Waals surface area contributed by atoms with E-state index in [9.17, 15) is 0 Å². The molecule has 0 rings (SSSR count). The van der Waals surface area contributed by atoms with Crippen molar-refractivity contribution in [1.29, 1.82) is 0 Å². The Balaban J connectivity index is 3.28. The van der Waals surface area contributed by atoms with Gasteiger partial charge < -0.3 is 4.90 Å². The second-order valence-corrected chi connectivity index (χ2v) is 4.87. The lowest BCUT2D eigenvalue weighted by atomic mass is 11.0. The Kier molecular flexibility index (Phi) is 5.73. The van der Waals surface area contributed by atoms with Crippen molar-refractivity contribution >= 4 is 38.1 Å². The molecule has 0 atom stereocenters. The third-order valence-corrected chi connectivity index (χ3v) is 3.94. The molecule has 0 saturated heterocycles. The lowest BCUT2D eigenvalue weighted by Crippen LogP contribution is -2.14. The van der Waals surface area contributed by atoms with Gasteiger partial charge in [-0.15, -0.1) is 0 Å². The zero-order valence-corrected chi connectivity index (χ0v) is 8.33. The summed E-state index contributed by atoms with van der Waals surface area (Å²) in [5, 5.41) is 0. The molecule has 0 fully saturated rings. The van der Waals surface area contributed by atoms with Crippen LogP contribution in [0.25, 0.3) is 0 Å². The number of hydrogen-bond acceptors (Lipinski definition) is 3. The molecule has 0 aliphatic carbocycles. The van der Waals surface area contributed by atoms with Crippen molar-refractivity contribution in [2.45, 2.75) is 6.92 Å². The average molecular weight is 181 g/mol. The molecule has 54 valence electrons. The maximum Gasteiger partial charge on any atom is 0.146 e. The molecule has 0 aliphatic heterocycles. The predicted molar refractivity (Wildman–Crippen MR) is 52.0 cm³/mol. The highest BCUT2D eigenvalue weighted by atomic mass is 33.1. The maximum absolute atomic E-state index is 5.01. The van der Waals surface area contributed by atoms with Crippen LogP contribution in [0.5, 0.6) is 0 Å². The van der Waals surface area contributed by atoms with Gasteiger partial charge >= 0.3 is 0 Å². The van der Waals surface area contributed by atoms with Crippen LogP contribution >= 0.6 is 33.8 Å². The van der Waals surface area contributed by atoms with Crippen LogP contribution in [0.1, 0.15) is 6.92 Å². The van der Waals surface area contributed by atoms with E-state index in [1.165, 1.54) is 0 Å². The van der Waals surface area contributed by atoms with Crippen molar-refractivity contribution in [2.75, 3.05) is 19.8 Å². The lowest BCUT2D eigenvalue weighted by Gasteiger charge is -2.10. The molecule has 0 saturated carbocycles. The van der Waals surface area contributed by atoms with Gasteiger partial charge in [-0.2, -0.15) is 0 Å². The molecule has 0 aromatic heterocycles. The molecular formula is C5H11NS3. The van der Waals surface area contributed by atoms with Crippen molar-refractivity contribution in [3.8, 4) is 0 Å². The summed E-state index contributed by atoms with van der Waals surface area (Å²) >= 11 is 5.01. The summed E-state index contributed by atoms with van der Waals surface area (Å²) in [5.41, 5.74) is 0. The predicted octanol–water partition coefficient (Wildman–Crippen LogP) is 2.23. The molecule has 0 spiro atoms. The van der Waals surface area contributed by atoms with Gasteiger partial charge in [0.05, 0.1) is 0 Å². The second kappa shape index (κ2) is 5.38. The second-order valence-electron chi connectivity index (χ2n) is 1.65. The van der Waals surface area contributed by atoms with E-state index in [2.05, 4.69) is 6.92 Å². The number of thiocarbonyl (C=S) groups is 1. The molecule has 0 bridgehead atoms. The van der Waals surface area contributed by atoms with Crippen LogP contribution in [0.2, 0.25) is 0 Å².